The van der Waals surface area contributed by atoms with Crippen LogP contribution >= 0.6 is 0 Å². The van der Waals surface area contributed by atoms with Gasteiger partial charge in [0.2, 0.25) is 0 Å². The first kappa shape index (κ1) is 43.5. The van der Waals surface area contributed by atoms with Gasteiger partial charge in [0, 0.05) is 35.8 Å². The minimum Gasteiger partial charge on any atom is -0.444 e. The number of benzene rings is 2. The molecule has 0 heterocycles. The van der Waals surface area contributed by atoms with Gasteiger partial charge in [-0.25, -0.2) is 9.59 Å². The molecule has 1 unspecified atom stereocenters. The topological polar surface area (TPSA) is 129 Å². The lowest BCUT2D eigenvalue weighted by molar-refractivity contribution is -0.136. The molecule has 0 spiro atoms. The van der Waals surface area contributed by atoms with E-state index in [1.807, 2.05) is 65.8 Å². The summed E-state index contributed by atoms with van der Waals surface area (Å²) in [5, 5.41) is 6.53. The molecule has 0 saturated heterocycles. The lowest BCUT2D eigenvalue weighted by Gasteiger charge is -2.49. The van der Waals surface area contributed by atoms with E-state index in [1.165, 1.54) is 11.1 Å². The Morgan fingerprint density at radius 1 is 0.603 bits per heavy atom. The average Bonchev–Trinajstić information content (AvgIpc) is 3.11. The molecule has 318 valence electrons. The predicted molar refractivity (Wildman–Crippen MR) is 224 cm³/mol. The molecule has 10 nitrogen and oxygen atoms in total. The molecule has 2 saturated carbocycles. The fourth-order valence-electron chi connectivity index (χ4n) is 10.4. The zero-order chi connectivity index (χ0) is 41.9. The Kier molecular flexibility index (Phi) is 13.2. The maximum absolute atomic E-state index is 13.1. The van der Waals surface area contributed by atoms with Gasteiger partial charge in [0.1, 0.15) is 22.7 Å². The van der Waals surface area contributed by atoms with E-state index in [-0.39, 0.29) is 47.7 Å². The number of rotatable bonds is 9. The van der Waals surface area contributed by atoms with Gasteiger partial charge >= 0.3 is 24.1 Å². The number of ether oxygens (including phenoxy) is 4. The van der Waals surface area contributed by atoms with Crippen molar-refractivity contribution >= 4 is 24.1 Å². The zero-order valence-corrected chi connectivity index (χ0v) is 36.4. The van der Waals surface area contributed by atoms with Crippen LogP contribution in [-0.4, -0.2) is 47.4 Å². The second-order valence-electron chi connectivity index (χ2n) is 20.0. The monoisotopic (exact) mass is 800 g/mol. The van der Waals surface area contributed by atoms with Gasteiger partial charge < -0.3 is 29.6 Å². The van der Waals surface area contributed by atoms with Gasteiger partial charge in [-0.1, -0.05) is 64.5 Å². The number of nitrogens with one attached hydrogen (secondary N) is 2. The molecule has 58 heavy (non-hydrogen) atoms. The lowest BCUT2D eigenvalue weighted by Crippen LogP contribution is -2.57. The van der Waals surface area contributed by atoms with E-state index in [0.29, 0.717) is 36.2 Å². The van der Waals surface area contributed by atoms with Crippen LogP contribution in [0.2, 0.25) is 0 Å². The maximum atomic E-state index is 13.1. The van der Waals surface area contributed by atoms with E-state index in [9.17, 15) is 19.2 Å². The van der Waals surface area contributed by atoms with Gasteiger partial charge in [-0.3, -0.25) is 9.59 Å². The summed E-state index contributed by atoms with van der Waals surface area (Å²) in [6.45, 7) is 15.7. The van der Waals surface area contributed by atoms with Crippen molar-refractivity contribution in [2.75, 3.05) is 0 Å². The summed E-state index contributed by atoms with van der Waals surface area (Å²) >= 11 is 0. The molecule has 10 heteroatoms. The van der Waals surface area contributed by atoms with Crippen LogP contribution in [0.3, 0.4) is 0 Å². The third kappa shape index (κ3) is 10.6. The summed E-state index contributed by atoms with van der Waals surface area (Å²) in [6, 6.07) is 11.7. The average molecular weight is 801 g/mol. The SMILES string of the molecule is CC(C)(C)OC(=O)N[C@H]1C2CCCCC[C@]1(C)c1cc(OC(=O)CCCCC(=O)Oc3ccc4c(c3)[C@@]3(C)CCCCC[C@@H](C4)[C@@H]3NC(=O)OC(C)(C)C)ccc1C2. The van der Waals surface area contributed by atoms with Gasteiger partial charge in [-0.2, -0.15) is 0 Å². The number of carbonyl (C=O) groups is 4. The number of esters is 2. The smallest absolute Gasteiger partial charge is 0.407 e. The molecular formula is C48H68N2O8. The summed E-state index contributed by atoms with van der Waals surface area (Å²) in [7, 11) is 0. The fraction of sp³-hybridized carbons (Fsp3) is 0.667. The zero-order valence-electron chi connectivity index (χ0n) is 36.4. The number of carbonyl (C=O) groups excluding carboxylic acids is 4. The van der Waals surface area contributed by atoms with Crippen molar-refractivity contribution in [2.24, 2.45) is 11.8 Å². The van der Waals surface area contributed by atoms with Gasteiger partial charge in [0.05, 0.1) is 0 Å². The highest BCUT2D eigenvalue weighted by atomic mass is 16.6. The van der Waals surface area contributed by atoms with Crippen molar-refractivity contribution < 1.29 is 38.1 Å². The van der Waals surface area contributed by atoms with Crippen molar-refractivity contribution in [2.45, 2.75) is 192 Å². The Morgan fingerprint density at radius 2 is 1.00 bits per heavy atom. The highest BCUT2D eigenvalue weighted by molar-refractivity contribution is 5.74. The molecule has 4 aliphatic carbocycles. The Bertz CT molecular complexity index is 1690. The lowest BCUT2D eigenvalue weighted by atomic mass is 9.59. The molecule has 2 aromatic carbocycles. The molecule has 4 aliphatic rings. The van der Waals surface area contributed by atoms with E-state index >= 15 is 0 Å². The molecule has 2 fully saturated rings. The van der Waals surface area contributed by atoms with Gasteiger partial charge in [-0.05, 0) is 151 Å². The number of fused-ring (bicyclic) bond motifs is 8. The number of amides is 2. The van der Waals surface area contributed by atoms with Crippen molar-refractivity contribution in [3.8, 4) is 11.5 Å². The van der Waals surface area contributed by atoms with E-state index in [2.05, 4.69) is 36.6 Å². The summed E-state index contributed by atoms with van der Waals surface area (Å²) in [6.07, 6.45) is 12.9. The second kappa shape index (κ2) is 17.6. The van der Waals surface area contributed by atoms with Crippen molar-refractivity contribution in [1.29, 1.82) is 0 Å². The second-order valence-corrected chi connectivity index (χ2v) is 20.0. The standard InChI is InChI=1S/C48H68N2O8/c1-45(2,3)57-43(53)49-41-33-17-11-9-15-25-47(41,7)37-29-35(23-21-31(37)27-33)55-39(51)19-13-14-20-40(52)56-36-24-22-32-28-34-18-12-10-16-26-48(8,38(32)30-36)42(34)50-44(54)58-46(4,5)6/h21-24,29-30,33-34,41-42H,9-20,25-28H2,1-8H3,(H,49,53)(H,50,54)/t33-,34?,41-,42-,47+,48+/m0/s1. The van der Waals surface area contributed by atoms with Gasteiger partial charge in [-0.15, -0.1) is 0 Å². The molecule has 2 amide bonds. The largest absolute Gasteiger partial charge is 0.444 e. The van der Waals surface area contributed by atoms with Crippen LogP contribution in [0.4, 0.5) is 9.59 Å². The van der Waals surface area contributed by atoms with Crippen LogP contribution in [0, 0.1) is 11.8 Å². The van der Waals surface area contributed by atoms with Gasteiger partial charge in [0.25, 0.3) is 0 Å². The van der Waals surface area contributed by atoms with Crippen molar-refractivity contribution in [3.05, 3.63) is 58.7 Å². The van der Waals surface area contributed by atoms with Crippen molar-refractivity contribution in [3.63, 3.8) is 0 Å². The number of alkyl carbamates (subject to hydrolysis) is 2. The van der Waals surface area contributed by atoms with Crippen molar-refractivity contribution in [1.82, 2.24) is 10.6 Å². The first-order chi connectivity index (χ1) is 27.3. The van der Waals surface area contributed by atoms with Crippen LogP contribution in [-0.2, 0) is 42.7 Å². The van der Waals surface area contributed by atoms with Crippen LogP contribution < -0.4 is 20.1 Å². The minimum atomic E-state index is -0.588. The Balaban J connectivity index is 1.04. The Hall–Kier alpha value is -4.08. The molecular weight excluding hydrogens is 733 g/mol. The molecule has 0 radical (unpaired) electrons. The highest BCUT2D eigenvalue weighted by Crippen LogP contribution is 2.49. The fourth-order valence-corrected chi connectivity index (χ4v) is 10.4. The summed E-state index contributed by atoms with van der Waals surface area (Å²) in [5.41, 5.74) is 2.90. The molecule has 6 atom stereocenters. The quantitative estimate of drug-likeness (QED) is 0.146. The minimum absolute atomic E-state index is 0.0860. The predicted octanol–water partition coefficient (Wildman–Crippen LogP) is 10.3. The Labute approximate surface area is 346 Å². The van der Waals surface area contributed by atoms with Crippen LogP contribution in [0.5, 0.6) is 11.5 Å². The molecule has 0 aliphatic heterocycles. The summed E-state index contributed by atoms with van der Waals surface area (Å²) in [4.78, 5) is 52.2. The first-order valence-electron chi connectivity index (χ1n) is 22.0. The molecule has 0 aromatic heterocycles. The molecule has 6 rings (SSSR count). The van der Waals surface area contributed by atoms with Crippen LogP contribution in [0.15, 0.2) is 36.4 Å². The van der Waals surface area contributed by atoms with E-state index < -0.39 is 23.4 Å². The maximum Gasteiger partial charge on any atom is 0.407 e. The molecule has 2 aromatic rings. The number of unbranched alkanes of at least 4 members (excludes halogenated alkanes) is 1. The van der Waals surface area contributed by atoms with Crippen LogP contribution in [0.25, 0.3) is 0 Å². The number of hydrogen-bond acceptors (Lipinski definition) is 8. The highest BCUT2D eigenvalue weighted by Gasteiger charge is 2.48. The van der Waals surface area contributed by atoms with Crippen LogP contribution in [0.1, 0.15) is 168 Å². The van der Waals surface area contributed by atoms with E-state index in [0.717, 1.165) is 88.2 Å². The van der Waals surface area contributed by atoms with E-state index in [1.54, 1.807) is 0 Å². The molecule has 4 bridgehead atoms. The first-order valence-corrected chi connectivity index (χ1v) is 22.0. The number of hydrogen-bond donors (Lipinski definition) is 2. The third-order valence-electron chi connectivity index (χ3n) is 13.0. The summed E-state index contributed by atoms with van der Waals surface area (Å²) in [5.74, 6) is 0.916. The third-order valence-corrected chi connectivity index (χ3v) is 13.0. The Morgan fingerprint density at radius 3 is 1.38 bits per heavy atom. The summed E-state index contributed by atoms with van der Waals surface area (Å²) < 4.78 is 23.1. The van der Waals surface area contributed by atoms with Gasteiger partial charge in [0.15, 0.2) is 0 Å². The van der Waals surface area contributed by atoms with E-state index in [4.69, 9.17) is 18.9 Å². The molecule has 2 N–H and O–H groups in total. The normalized spacial score (nSPS) is 26.8.